The fraction of sp³-hybridized carbons (Fsp3) is 0.412. The first-order valence-electron chi connectivity index (χ1n) is 7.57. The van der Waals surface area contributed by atoms with E-state index in [-0.39, 0.29) is 5.78 Å². The van der Waals surface area contributed by atoms with Gasteiger partial charge >= 0.3 is 0 Å². The average Bonchev–Trinajstić information content (AvgIpc) is 3.08. The predicted octanol–water partition coefficient (Wildman–Crippen LogP) is 3.43. The summed E-state index contributed by atoms with van der Waals surface area (Å²) >= 11 is 3.03. The van der Waals surface area contributed by atoms with Crippen LogP contribution in [0.3, 0.4) is 0 Å². The molecule has 6 heteroatoms. The summed E-state index contributed by atoms with van der Waals surface area (Å²) in [6.45, 7) is 2.47. The number of ketones is 1. The minimum atomic E-state index is 0.0440. The second kappa shape index (κ2) is 9.82. The average molecular weight is 351 g/mol. The minimum Gasteiger partial charge on any atom is -0.381 e. The summed E-state index contributed by atoms with van der Waals surface area (Å²) in [6, 6.07) is 7.39. The molecule has 0 unspecified atom stereocenters. The molecule has 2 aromatic rings. The van der Waals surface area contributed by atoms with Crippen molar-refractivity contribution in [1.29, 1.82) is 0 Å². The molecular formula is C17H22N2O2S2. The molecule has 0 saturated carbocycles. The molecule has 0 bridgehead atoms. The number of hydrogen-bond acceptors (Lipinski definition) is 6. The molecule has 124 valence electrons. The standard InChI is InChI=1S/C17H22N2O2S2/c1-19(2)9-5-10-21-11-13-23-17-14(6-3-8-18-17)16(20)15-7-4-12-22-15/h3-4,6-8,12H,5,9-11,13H2,1-2H3. The van der Waals surface area contributed by atoms with Crippen molar-refractivity contribution in [3.63, 3.8) is 0 Å². The van der Waals surface area contributed by atoms with Crippen LogP contribution in [0.1, 0.15) is 21.7 Å². The molecule has 0 fully saturated rings. The molecule has 0 radical (unpaired) electrons. The van der Waals surface area contributed by atoms with Crippen LogP contribution in [0.4, 0.5) is 0 Å². The van der Waals surface area contributed by atoms with Crippen LogP contribution in [0.25, 0.3) is 0 Å². The number of thiophene rings is 1. The molecule has 0 saturated heterocycles. The van der Waals surface area contributed by atoms with Crippen LogP contribution in [0.2, 0.25) is 0 Å². The zero-order valence-corrected chi connectivity index (χ0v) is 15.2. The van der Waals surface area contributed by atoms with E-state index in [1.165, 1.54) is 11.3 Å². The first-order valence-corrected chi connectivity index (χ1v) is 9.43. The van der Waals surface area contributed by atoms with Crippen molar-refractivity contribution in [1.82, 2.24) is 9.88 Å². The van der Waals surface area contributed by atoms with Gasteiger partial charge in [0.05, 0.1) is 17.0 Å². The molecule has 4 nitrogen and oxygen atoms in total. The monoisotopic (exact) mass is 350 g/mol. The zero-order valence-electron chi connectivity index (χ0n) is 13.5. The van der Waals surface area contributed by atoms with Crippen molar-refractivity contribution >= 4 is 28.9 Å². The van der Waals surface area contributed by atoms with E-state index in [2.05, 4.69) is 24.0 Å². The normalized spacial score (nSPS) is 11.1. The lowest BCUT2D eigenvalue weighted by molar-refractivity contribution is 0.103. The van der Waals surface area contributed by atoms with Crippen molar-refractivity contribution in [3.05, 3.63) is 46.3 Å². The van der Waals surface area contributed by atoms with E-state index in [0.717, 1.165) is 35.2 Å². The van der Waals surface area contributed by atoms with Crippen molar-refractivity contribution in [2.24, 2.45) is 0 Å². The highest BCUT2D eigenvalue weighted by Crippen LogP contribution is 2.24. The number of carbonyl (C=O) groups is 1. The van der Waals surface area contributed by atoms with Gasteiger partial charge < -0.3 is 9.64 Å². The topological polar surface area (TPSA) is 42.4 Å². The Morgan fingerprint density at radius 3 is 2.91 bits per heavy atom. The van der Waals surface area contributed by atoms with E-state index in [0.29, 0.717) is 12.2 Å². The summed E-state index contributed by atoms with van der Waals surface area (Å²) in [6.07, 6.45) is 2.76. The van der Waals surface area contributed by atoms with Gasteiger partial charge in [-0.25, -0.2) is 4.98 Å². The highest BCUT2D eigenvalue weighted by atomic mass is 32.2. The fourth-order valence-corrected chi connectivity index (χ4v) is 3.53. The molecule has 0 spiro atoms. The maximum Gasteiger partial charge on any atom is 0.205 e. The molecule has 2 heterocycles. The molecule has 0 aliphatic rings. The molecule has 0 aliphatic heterocycles. The summed E-state index contributed by atoms with van der Waals surface area (Å²) in [7, 11) is 4.12. The molecule has 0 aromatic carbocycles. The Hall–Kier alpha value is -1.21. The van der Waals surface area contributed by atoms with Crippen LogP contribution in [0.5, 0.6) is 0 Å². The third-order valence-electron chi connectivity index (χ3n) is 3.12. The van der Waals surface area contributed by atoms with E-state index < -0.39 is 0 Å². The van der Waals surface area contributed by atoms with E-state index >= 15 is 0 Å². The number of ether oxygens (including phenoxy) is 1. The molecule has 0 amide bonds. The molecule has 2 rings (SSSR count). The van der Waals surface area contributed by atoms with Crippen molar-refractivity contribution in [3.8, 4) is 0 Å². The SMILES string of the molecule is CN(C)CCCOCCSc1ncccc1C(=O)c1cccs1. The Balaban J connectivity index is 1.81. The zero-order chi connectivity index (χ0) is 16.5. The van der Waals surface area contributed by atoms with Crippen LogP contribution in [-0.2, 0) is 4.74 Å². The summed E-state index contributed by atoms with van der Waals surface area (Å²) in [5.41, 5.74) is 0.674. The van der Waals surface area contributed by atoms with Gasteiger partial charge in [-0.15, -0.1) is 23.1 Å². The molecule has 0 atom stereocenters. The maximum absolute atomic E-state index is 12.5. The third-order valence-corrected chi connectivity index (χ3v) is 4.96. The lowest BCUT2D eigenvalue weighted by Crippen LogP contribution is -2.15. The highest BCUT2D eigenvalue weighted by Gasteiger charge is 2.15. The molecular weight excluding hydrogens is 328 g/mol. The van der Waals surface area contributed by atoms with Gasteiger partial charge in [0.2, 0.25) is 5.78 Å². The van der Waals surface area contributed by atoms with E-state index in [1.54, 1.807) is 18.0 Å². The number of rotatable bonds is 10. The number of pyridine rings is 1. The van der Waals surface area contributed by atoms with Gasteiger partial charge in [0.1, 0.15) is 5.03 Å². The van der Waals surface area contributed by atoms with Gasteiger partial charge in [0.15, 0.2) is 0 Å². The van der Waals surface area contributed by atoms with Crippen molar-refractivity contribution in [2.75, 3.05) is 39.6 Å². The molecule has 23 heavy (non-hydrogen) atoms. The van der Waals surface area contributed by atoms with E-state index in [9.17, 15) is 4.79 Å². The van der Waals surface area contributed by atoms with E-state index in [1.807, 2.05) is 29.6 Å². The van der Waals surface area contributed by atoms with Gasteiger partial charge in [-0.3, -0.25) is 4.79 Å². The van der Waals surface area contributed by atoms with Gasteiger partial charge in [0.25, 0.3) is 0 Å². The summed E-state index contributed by atoms with van der Waals surface area (Å²) in [5, 5.41) is 2.70. The summed E-state index contributed by atoms with van der Waals surface area (Å²) in [4.78, 5) is 19.7. The largest absolute Gasteiger partial charge is 0.381 e. The number of carbonyl (C=O) groups excluding carboxylic acids is 1. The maximum atomic E-state index is 12.5. The van der Waals surface area contributed by atoms with Crippen LogP contribution in [-0.4, -0.2) is 55.3 Å². The lowest BCUT2D eigenvalue weighted by atomic mass is 10.1. The van der Waals surface area contributed by atoms with Crippen molar-refractivity contribution in [2.45, 2.75) is 11.4 Å². The Kier molecular flexibility index (Phi) is 7.74. The number of nitrogens with zero attached hydrogens (tertiary/aromatic N) is 2. The highest BCUT2D eigenvalue weighted by molar-refractivity contribution is 7.99. The van der Waals surface area contributed by atoms with E-state index in [4.69, 9.17) is 4.74 Å². The van der Waals surface area contributed by atoms with Gasteiger partial charge in [-0.1, -0.05) is 6.07 Å². The molecule has 2 aromatic heterocycles. The lowest BCUT2D eigenvalue weighted by Gasteiger charge is -2.09. The van der Waals surface area contributed by atoms with Gasteiger partial charge in [0, 0.05) is 18.6 Å². The predicted molar refractivity (Wildman–Crippen MR) is 96.7 cm³/mol. The van der Waals surface area contributed by atoms with Crippen molar-refractivity contribution < 1.29 is 9.53 Å². The van der Waals surface area contributed by atoms with Crippen LogP contribution in [0.15, 0.2) is 40.9 Å². The quantitative estimate of drug-likeness (QED) is 0.373. The first kappa shape index (κ1) is 18.1. The summed E-state index contributed by atoms with van der Waals surface area (Å²) in [5.74, 6) is 0.839. The Morgan fingerprint density at radius 1 is 1.30 bits per heavy atom. The minimum absolute atomic E-state index is 0.0440. The number of aromatic nitrogens is 1. The third kappa shape index (κ3) is 6.06. The second-order valence-electron chi connectivity index (χ2n) is 5.28. The fourth-order valence-electron chi connectivity index (χ4n) is 2.00. The second-order valence-corrected chi connectivity index (χ2v) is 7.31. The van der Waals surface area contributed by atoms with Crippen LogP contribution >= 0.6 is 23.1 Å². The Bertz CT molecular complexity index is 600. The van der Waals surface area contributed by atoms with Crippen LogP contribution in [0, 0.1) is 0 Å². The number of hydrogen-bond donors (Lipinski definition) is 0. The van der Waals surface area contributed by atoms with Gasteiger partial charge in [-0.05, 0) is 50.6 Å². The summed E-state index contributed by atoms with van der Waals surface area (Å²) < 4.78 is 5.62. The Morgan fingerprint density at radius 2 is 2.17 bits per heavy atom. The number of thioether (sulfide) groups is 1. The molecule has 0 N–H and O–H groups in total. The van der Waals surface area contributed by atoms with Crippen LogP contribution < -0.4 is 0 Å². The van der Waals surface area contributed by atoms with Gasteiger partial charge in [-0.2, -0.15) is 0 Å². The molecule has 0 aliphatic carbocycles. The smallest absolute Gasteiger partial charge is 0.205 e. The Labute approximate surface area is 145 Å². The first-order chi connectivity index (χ1) is 11.2.